The Hall–Kier alpha value is -1.25. The van der Waals surface area contributed by atoms with Crippen molar-refractivity contribution in [1.29, 1.82) is 0 Å². The molecule has 64 valence electrons. The molecule has 0 amide bonds. The summed E-state index contributed by atoms with van der Waals surface area (Å²) in [4.78, 5) is 2.29. The van der Waals surface area contributed by atoms with Gasteiger partial charge in [-0.15, -0.1) is 0 Å². The summed E-state index contributed by atoms with van der Waals surface area (Å²) in [6.45, 7) is 4.33. The molecule has 0 aromatic carbocycles. The Labute approximate surface area is 72.3 Å². The highest BCUT2D eigenvalue weighted by molar-refractivity contribution is 5.25. The summed E-state index contributed by atoms with van der Waals surface area (Å²) in [6.07, 6.45) is 7.05. The molecule has 1 aliphatic heterocycles. The number of likely N-dealkylation sites (N-methyl/N-ethyl adjacent to an activating group) is 1. The molecule has 1 aliphatic rings. The van der Waals surface area contributed by atoms with Crippen LogP contribution in [0, 0.1) is 0 Å². The molecule has 0 saturated carbocycles. The van der Waals surface area contributed by atoms with Crippen LogP contribution in [0.5, 0.6) is 0 Å². The smallest absolute Gasteiger partial charge is 0.0496 e. The Morgan fingerprint density at radius 1 is 1.50 bits per heavy atom. The number of rotatable bonds is 1. The van der Waals surface area contributed by atoms with Crippen molar-refractivity contribution in [2.75, 3.05) is 13.1 Å². The Balaban J connectivity index is 2.23. The highest BCUT2D eigenvalue weighted by Gasteiger charge is 2.05. The first kappa shape index (κ1) is 7.40. The summed E-state index contributed by atoms with van der Waals surface area (Å²) < 4.78 is 1.94. The molecule has 1 aromatic heterocycles. The maximum atomic E-state index is 4.19. The molecule has 0 saturated heterocycles. The van der Waals surface area contributed by atoms with E-state index in [0.29, 0.717) is 0 Å². The normalized spacial score (nSPS) is 15.9. The van der Waals surface area contributed by atoms with Crippen molar-refractivity contribution in [3.8, 4) is 0 Å². The van der Waals surface area contributed by atoms with Crippen LogP contribution < -0.4 is 0 Å². The first-order valence-electron chi connectivity index (χ1n) is 4.35. The van der Waals surface area contributed by atoms with Crippen molar-refractivity contribution >= 4 is 6.20 Å². The van der Waals surface area contributed by atoms with E-state index in [1.807, 2.05) is 17.1 Å². The topological polar surface area (TPSA) is 21.1 Å². The molecule has 0 fully saturated rings. The van der Waals surface area contributed by atoms with Gasteiger partial charge in [0.25, 0.3) is 0 Å². The molecule has 0 N–H and O–H groups in total. The predicted octanol–water partition coefficient (Wildman–Crippen LogP) is 1.19. The van der Waals surface area contributed by atoms with Gasteiger partial charge < -0.3 is 4.90 Å². The van der Waals surface area contributed by atoms with Gasteiger partial charge in [0.1, 0.15) is 0 Å². The van der Waals surface area contributed by atoms with Crippen LogP contribution in [0.25, 0.3) is 6.20 Å². The zero-order chi connectivity index (χ0) is 8.39. The lowest BCUT2D eigenvalue weighted by Crippen LogP contribution is -2.18. The first-order chi connectivity index (χ1) is 5.90. The average molecular weight is 163 g/mol. The average Bonchev–Trinajstić information content (AvgIpc) is 2.46. The minimum Gasteiger partial charge on any atom is -0.376 e. The molecule has 2 heterocycles. The molecule has 2 rings (SSSR count). The molecule has 3 nitrogen and oxygen atoms in total. The molecule has 12 heavy (non-hydrogen) atoms. The molecule has 0 atom stereocenters. The Morgan fingerprint density at radius 2 is 2.42 bits per heavy atom. The molecular formula is C9H13N3. The van der Waals surface area contributed by atoms with Gasteiger partial charge in [-0.25, -0.2) is 4.68 Å². The van der Waals surface area contributed by atoms with Gasteiger partial charge in [-0.1, -0.05) is 0 Å². The van der Waals surface area contributed by atoms with Gasteiger partial charge in [0, 0.05) is 43.8 Å². The van der Waals surface area contributed by atoms with E-state index in [1.54, 1.807) is 0 Å². The second kappa shape index (κ2) is 3.01. The summed E-state index contributed by atoms with van der Waals surface area (Å²) in [5, 5.41) is 4.19. The fourth-order valence-electron chi connectivity index (χ4n) is 1.43. The van der Waals surface area contributed by atoms with Crippen LogP contribution in [-0.2, 0) is 6.42 Å². The van der Waals surface area contributed by atoms with Crippen molar-refractivity contribution in [1.82, 2.24) is 14.7 Å². The minimum atomic E-state index is 1.07. The summed E-state index contributed by atoms with van der Waals surface area (Å²) in [5.41, 5.74) is 1.29. The maximum Gasteiger partial charge on any atom is 0.0496 e. The van der Waals surface area contributed by atoms with Crippen molar-refractivity contribution < 1.29 is 0 Å². The van der Waals surface area contributed by atoms with Gasteiger partial charge in [-0.3, -0.25) is 0 Å². The lowest BCUT2D eigenvalue weighted by Gasteiger charge is -2.14. The third-order valence-corrected chi connectivity index (χ3v) is 2.23. The van der Waals surface area contributed by atoms with Crippen molar-refractivity contribution in [3.63, 3.8) is 0 Å². The van der Waals surface area contributed by atoms with Crippen LogP contribution in [0.1, 0.15) is 12.6 Å². The van der Waals surface area contributed by atoms with Gasteiger partial charge in [0.2, 0.25) is 0 Å². The Bertz CT molecular complexity index is 288. The molecule has 1 aromatic rings. The number of fused-ring (bicyclic) bond motifs is 1. The summed E-state index contributed by atoms with van der Waals surface area (Å²) >= 11 is 0. The van der Waals surface area contributed by atoms with Gasteiger partial charge in [-0.05, 0) is 13.0 Å². The van der Waals surface area contributed by atoms with Crippen LogP contribution >= 0.6 is 0 Å². The second-order valence-electron chi connectivity index (χ2n) is 2.94. The van der Waals surface area contributed by atoms with Gasteiger partial charge in [0.15, 0.2) is 0 Å². The van der Waals surface area contributed by atoms with E-state index in [9.17, 15) is 0 Å². The monoisotopic (exact) mass is 163 g/mol. The second-order valence-corrected chi connectivity index (χ2v) is 2.94. The largest absolute Gasteiger partial charge is 0.376 e. The van der Waals surface area contributed by atoms with E-state index < -0.39 is 0 Å². The Morgan fingerprint density at radius 3 is 3.25 bits per heavy atom. The van der Waals surface area contributed by atoms with Gasteiger partial charge in [-0.2, -0.15) is 5.10 Å². The van der Waals surface area contributed by atoms with Crippen LogP contribution in [0.2, 0.25) is 0 Å². The predicted molar refractivity (Wildman–Crippen MR) is 48.5 cm³/mol. The lowest BCUT2D eigenvalue weighted by molar-refractivity contribution is 0.405. The van der Waals surface area contributed by atoms with E-state index in [2.05, 4.69) is 29.2 Å². The number of aromatic nitrogens is 2. The lowest BCUT2D eigenvalue weighted by atomic mass is 10.3. The Kier molecular flexibility index (Phi) is 1.86. The zero-order valence-corrected chi connectivity index (χ0v) is 7.27. The van der Waals surface area contributed by atoms with E-state index in [4.69, 9.17) is 0 Å². The fourth-order valence-corrected chi connectivity index (χ4v) is 1.43. The molecular weight excluding hydrogens is 150 g/mol. The van der Waals surface area contributed by atoms with Crippen molar-refractivity contribution in [2.45, 2.75) is 13.3 Å². The standard InChI is InChI=1S/C9H13N3/c1-2-11-6-4-9-3-5-10-12(9)8-7-11/h3,5,7-8H,2,4,6H2,1H3. The van der Waals surface area contributed by atoms with Gasteiger partial charge >= 0.3 is 0 Å². The summed E-state index contributed by atoms with van der Waals surface area (Å²) in [5.74, 6) is 0. The van der Waals surface area contributed by atoms with Crippen LogP contribution in [-0.4, -0.2) is 27.8 Å². The SMILES string of the molecule is CCN1C=Cn2nccc2CC1. The van der Waals surface area contributed by atoms with Gasteiger partial charge in [0.05, 0.1) is 0 Å². The summed E-state index contributed by atoms with van der Waals surface area (Å²) in [6, 6.07) is 2.07. The highest BCUT2D eigenvalue weighted by Crippen LogP contribution is 2.07. The molecule has 3 heteroatoms. The third kappa shape index (κ3) is 1.22. The van der Waals surface area contributed by atoms with Crippen molar-refractivity contribution in [2.24, 2.45) is 0 Å². The maximum absolute atomic E-state index is 4.19. The van der Waals surface area contributed by atoms with Crippen LogP contribution in [0.15, 0.2) is 18.5 Å². The number of hydrogen-bond donors (Lipinski definition) is 0. The molecule has 0 aliphatic carbocycles. The molecule has 0 bridgehead atoms. The van der Waals surface area contributed by atoms with Crippen LogP contribution in [0.4, 0.5) is 0 Å². The highest BCUT2D eigenvalue weighted by atomic mass is 15.3. The minimum absolute atomic E-state index is 1.07. The number of nitrogens with zero attached hydrogens (tertiary/aromatic N) is 3. The third-order valence-electron chi connectivity index (χ3n) is 2.23. The number of hydrogen-bond acceptors (Lipinski definition) is 2. The van der Waals surface area contributed by atoms with E-state index in [-0.39, 0.29) is 0 Å². The van der Waals surface area contributed by atoms with E-state index in [0.717, 1.165) is 19.5 Å². The fraction of sp³-hybridized carbons (Fsp3) is 0.444. The van der Waals surface area contributed by atoms with E-state index in [1.165, 1.54) is 5.69 Å². The van der Waals surface area contributed by atoms with Crippen molar-refractivity contribution in [3.05, 3.63) is 24.2 Å². The molecule has 0 radical (unpaired) electrons. The molecule has 0 spiro atoms. The quantitative estimate of drug-likeness (QED) is 0.620. The van der Waals surface area contributed by atoms with E-state index >= 15 is 0 Å². The first-order valence-corrected chi connectivity index (χ1v) is 4.35. The molecule has 0 unspecified atom stereocenters. The zero-order valence-electron chi connectivity index (χ0n) is 7.27. The summed E-state index contributed by atoms with van der Waals surface area (Å²) in [7, 11) is 0. The van der Waals surface area contributed by atoms with Crippen LogP contribution in [0.3, 0.4) is 0 Å².